The summed E-state index contributed by atoms with van der Waals surface area (Å²) < 4.78 is 5.34. The Morgan fingerprint density at radius 2 is 1.89 bits per heavy atom. The molecular formula is C14H23NO3. The van der Waals surface area contributed by atoms with Crippen LogP contribution >= 0.6 is 0 Å². The molecule has 2 fully saturated rings. The highest BCUT2D eigenvalue weighted by Crippen LogP contribution is 2.48. The zero-order chi connectivity index (χ0) is 13.4. The Kier molecular flexibility index (Phi) is 3.39. The Hall–Kier alpha value is -1.06. The van der Waals surface area contributed by atoms with Crippen LogP contribution in [-0.2, 0) is 9.53 Å². The van der Waals surface area contributed by atoms with Crippen molar-refractivity contribution in [2.75, 3.05) is 6.54 Å². The van der Waals surface area contributed by atoms with Gasteiger partial charge in [0.1, 0.15) is 11.9 Å². The van der Waals surface area contributed by atoms with Crippen molar-refractivity contribution in [1.29, 1.82) is 0 Å². The maximum atomic E-state index is 12.0. The summed E-state index contributed by atoms with van der Waals surface area (Å²) in [6.45, 7) is 6.22. The van der Waals surface area contributed by atoms with Crippen molar-refractivity contribution < 1.29 is 14.3 Å². The minimum Gasteiger partial charge on any atom is -0.444 e. The third-order valence-electron chi connectivity index (χ3n) is 4.05. The molecule has 0 bridgehead atoms. The molecular weight excluding hydrogens is 230 g/mol. The van der Waals surface area contributed by atoms with Gasteiger partial charge in [0.05, 0.1) is 6.04 Å². The Morgan fingerprint density at radius 3 is 2.39 bits per heavy atom. The second kappa shape index (κ2) is 4.56. The molecule has 0 aromatic rings. The standard InChI is InChI=1S/C14H23NO3/c1-13(2,3)18-12(17)15-10-14(11(15)9-16)7-5-4-6-8-14/h9,11H,4-8,10H2,1-3H3. The van der Waals surface area contributed by atoms with Crippen LogP contribution in [0.1, 0.15) is 52.9 Å². The summed E-state index contributed by atoms with van der Waals surface area (Å²) >= 11 is 0. The first-order valence-corrected chi connectivity index (χ1v) is 6.83. The van der Waals surface area contributed by atoms with Crippen molar-refractivity contribution in [3.05, 3.63) is 0 Å². The molecule has 18 heavy (non-hydrogen) atoms. The third kappa shape index (κ3) is 2.38. The van der Waals surface area contributed by atoms with Gasteiger partial charge >= 0.3 is 6.09 Å². The molecule has 1 aliphatic heterocycles. The number of carbonyl (C=O) groups is 2. The van der Waals surface area contributed by atoms with Gasteiger partial charge in [-0.2, -0.15) is 0 Å². The number of hydrogen-bond acceptors (Lipinski definition) is 3. The van der Waals surface area contributed by atoms with Crippen LogP contribution in [0.3, 0.4) is 0 Å². The second-order valence-electron chi connectivity index (χ2n) is 6.61. The van der Waals surface area contributed by atoms with Crippen LogP contribution in [0.25, 0.3) is 0 Å². The first-order chi connectivity index (χ1) is 8.38. The molecule has 0 aromatic heterocycles. The molecule has 1 unspecified atom stereocenters. The Morgan fingerprint density at radius 1 is 1.28 bits per heavy atom. The number of likely N-dealkylation sites (tertiary alicyclic amines) is 1. The monoisotopic (exact) mass is 253 g/mol. The topological polar surface area (TPSA) is 46.6 Å². The molecule has 1 aliphatic carbocycles. The van der Waals surface area contributed by atoms with Gasteiger partial charge in [-0.05, 0) is 33.6 Å². The fourth-order valence-electron chi connectivity index (χ4n) is 3.18. The number of carbonyl (C=O) groups excluding carboxylic acids is 2. The van der Waals surface area contributed by atoms with Crippen LogP contribution in [0.5, 0.6) is 0 Å². The maximum absolute atomic E-state index is 12.0. The minimum atomic E-state index is -0.500. The summed E-state index contributed by atoms with van der Waals surface area (Å²) in [6, 6.07) is -0.271. The van der Waals surface area contributed by atoms with Gasteiger partial charge in [-0.25, -0.2) is 4.79 Å². The third-order valence-corrected chi connectivity index (χ3v) is 4.05. The summed E-state index contributed by atoms with van der Waals surface area (Å²) in [7, 11) is 0. The van der Waals surface area contributed by atoms with Crippen LogP contribution in [0, 0.1) is 5.41 Å². The number of nitrogens with zero attached hydrogens (tertiary/aromatic N) is 1. The number of amides is 1. The van der Waals surface area contributed by atoms with Gasteiger partial charge in [0.25, 0.3) is 0 Å². The molecule has 4 nitrogen and oxygen atoms in total. The van der Waals surface area contributed by atoms with Crippen LogP contribution in [0.2, 0.25) is 0 Å². The van der Waals surface area contributed by atoms with Crippen LogP contribution in [0.4, 0.5) is 4.79 Å². The average Bonchev–Trinajstić information content (AvgIpc) is 2.25. The lowest BCUT2D eigenvalue weighted by Crippen LogP contribution is -2.68. The summed E-state index contributed by atoms with van der Waals surface area (Å²) in [5, 5.41) is 0. The van der Waals surface area contributed by atoms with Gasteiger partial charge in [-0.3, -0.25) is 4.90 Å². The van der Waals surface area contributed by atoms with Gasteiger partial charge in [0, 0.05) is 12.0 Å². The molecule has 0 aromatic carbocycles. The molecule has 1 atom stereocenters. The Balaban J connectivity index is 2.01. The van der Waals surface area contributed by atoms with Crippen molar-refractivity contribution in [3.8, 4) is 0 Å². The van der Waals surface area contributed by atoms with Gasteiger partial charge in [0.15, 0.2) is 0 Å². The Bertz CT molecular complexity index is 339. The van der Waals surface area contributed by atoms with Gasteiger partial charge in [0.2, 0.25) is 0 Å². The normalized spacial score (nSPS) is 26.6. The molecule has 1 saturated heterocycles. The fraction of sp³-hybridized carbons (Fsp3) is 0.857. The molecule has 1 spiro atoms. The zero-order valence-electron chi connectivity index (χ0n) is 11.6. The number of ether oxygens (including phenoxy) is 1. The summed E-state index contributed by atoms with van der Waals surface area (Å²) in [5.74, 6) is 0. The first kappa shape index (κ1) is 13.4. The number of rotatable bonds is 1. The van der Waals surface area contributed by atoms with Crippen molar-refractivity contribution in [3.63, 3.8) is 0 Å². The van der Waals surface area contributed by atoms with E-state index in [0.29, 0.717) is 6.54 Å². The van der Waals surface area contributed by atoms with Crippen LogP contribution in [-0.4, -0.2) is 35.5 Å². The van der Waals surface area contributed by atoms with Crippen LogP contribution in [0.15, 0.2) is 0 Å². The van der Waals surface area contributed by atoms with E-state index in [2.05, 4.69) is 0 Å². The number of aldehydes is 1. The molecule has 1 saturated carbocycles. The smallest absolute Gasteiger partial charge is 0.410 e. The van der Waals surface area contributed by atoms with E-state index >= 15 is 0 Å². The van der Waals surface area contributed by atoms with E-state index in [1.54, 1.807) is 4.90 Å². The lowest BCUT2D eigenvalue weighted by molar-refractivity contribution is -0.136. The van der Waals surface area contributed by atoms with Gasteiger partial charge < -0.3 is 9.53 Å². The van der Waals surface area contributed by atoms with E-state index in [4.69, 9.17) is 4.74 Å². The largest absolute Gasteiger partial charge is 0.444 e. The van der Waals surface area contributed by atoms with Crippen molar-refractivity contribution >= 4 is 12.4 Å². The molecule has 102 valence electrons. The van der Waals surface area contributed by atoms with E-state index in [0.717, 1.165) is 19.1 Å². The molecule has 1 amide bonds. The highest BCUT2D eigenvalue weighted by molar-refractivity contribution is 5.77. The van der Waals surface area contributed by atoms with Crippen LogP contribution < -0.4 is 0 Å². The van der Waals surface area contributed by atoms with E-state index < -0.39 is 5.60 Å². The van der Waals surface area contributed by atoms with E-state index in [1.165, 1.54) is 19.3 Å². The molecule has 2 aliphatic rings. The van der Waals surface area contributed by atoms with Crippen molar-refractivity contribution in [2.24, 2.45) is 5.41 Å². The summed E-state index contributed by atoms with van der Waals surface area (Å²) in [4.78, 5) is 24.9. The predicted octanol–water partition coefficient (Wildman–Crippen LogP) is 2.76. The van der Waals surface area contributed by atoms with Crippen molar-refractivity contribution in [2.45, 2.75) is 64.5 Å². The maximum Gasteiger partial charge on any atom is 0.410 e. The molecule has 0 radical (unpaired) electrons. The SMILES string of the molecule is CC(C)(C)OC(=O)N1CC2(CCCCC2)C1C=O. The van der Waals surface area contributed by atoms with Gasteiger partial charge in [-0.1, -0.05) is 19.3 Å². The van der Waals surface area contributed by atoms with E-state index in [1.807, 2.05) is 20.8 Å². The highest BCUT2D eigenvalue weighted by Gasteiger charge is 2.55. The van der Waals surface area contributed by atoms with E-state index in [9.17, 15) is 9.59 Å². The average molecular weight is 253 g/mol. The zero-order valence-corrected chi connectivity index (χ0v) is 11.6. The number of hydrogen-bond donors (Lipinski definition) is 0. The molecule has 2 rings (SSSR count). The van der Waals surface area contributed by atoms with E-state index in [-0.39, 0.29) is 17.6 Å². The predicted molar refractivity (Wildman–Crippen MR) is 68.3 cm³/mol. The second-order valence-corrected chi connectivity index (χ2v) is 6.61. The quantitative estimate of drug-likeness (QED) is 0.675. The highest BCUT2D eigenvalue weighted by atomic mass is 16.6. The molecule has 0 N–H and O–H groups in total. The minimum absolute atomic E-state index is 0.0525. The lowest BCUT2D eigenvalue weighted by atomic mass is 9.63. The summed E-state index contributed by atoms with van der Waals surface area (Å²) in [6.07, 6.45) is 6.30. The fourth-order valence-corrected chi connectivity index (χ4v) is 3.18. The Labute approximate surface area is 109 Å². The lowest BCUT2D eigenvalue weighted by Gasteiger charge is -2.56. The van der Waals surface area contributed by atoms with Crippen molar-refractivity contribution in [1.82, 2.24) is 4.90 Å². The molecule has 4 heteroatoms. The van der Waals surface area contributed by atoms with Gasteiger partial charge in [-0.15, -0.1) is 0 Å². The molecule has 1 heterocycles. The summed E-state index contributed by atoms with van der Waals surface area (Å²) in [5.41, 5.74) is -0.448. The first-order valence-electron chi connectivity index (χ1n) is 6.83.